The van der Waals surface area contributed by atoms with E-state index in [-0.39, 0.29) is 6.61 Å². The van der Waals surface area contributed by atoms with E-state index in [1.54, 1.807) is 6.20 Å². The lowest BCUT2D eigenvalue weighted by molar-refractivity contribution is -0.122. The van der Waals surface area contributed by atoms with Crippen LogP contribution in [0.3, 0.4) is 0 Å². The molecular weight excluding hydrogens is 262 g/mol. The molecule has 0 aliphatic heterocycles. The number of rotatable bonds is 6. The van der Waals surface area contributed by atoms with E-state index in [1.165, 1.54) is 0 Å². The summed E-state index contributed by atoms with van der Waals surface area (Å²) in [5, 5.41) is 3.04. The summed E-state index contributed by atoms with van der Waals surface area (Å²) in [5.74, 6) is 0.303. The normalized spacial score (nSPS) is 9.93. The zero-order valence-corrected chi connectivity index (χ0v) is 9.66. The standard InChI is InChI=1S/C9H12BrN3O2/c10-7-1-2-9(13-5-7)12-3-4-15-6-8(11)14/h1-2,5H,3-4,6H2,(H2,11,14)(H,12,13). The lowest BCUT2D eigenvalue weighted by atomic mass is 10.4. The number of nitrogens with zero attached hydrogens (tertiary/aromatic N) is 1. The summed E-state index contributed by atoms with van der Waals surface area (Å²) in [7, 11) is 0. The highest BCUT2D eigenvalue weighted by atomic mass is 79.9. The number of hydrogen-bond donors (Lipinski definition) is 2. The van der Waals surface area contributed by atoms with Crippen LogP contribution in [0.1, 0.15) is 0 Å². The molecular formula is C9H12BrN3O2. The van der Waals surface area contributed by atoms with Crippen LogP contribution in [0.25, 0.3) is 0 Å². The summed E-state index contributed by atoms with van der Waals surface area (Å²) in [6.45, 7) is 0.956. The number of pyridine rings is 1. The predicted molar refractivity (Wildman–Crippen MR) is 60.4 cm³/mol. The van der Waals surface area contributed by atoms with E-state index in [2.05, 4.69) is 26.2 Å². The molecule has 1 aromatic rings. The molecule has 1 rings (SSSR count). The van der Waals surface area contributed by atoms with Crippen LogP contribution in [-0.4, -0.2) is 30.6 Å². The van der Waals surface area contributed by atoms with E-state index in [0.717, 1.165) is 10.3 Å². The van der Waals surface area contributed by atoms with Gasteiger partial charge in [0.15, 0.2) is 0 Å². The van der Waals surface area contributed by atoms with Gasteiger partial charge in [0.2, 0.25) is 5.91 Å². The number of carbonyl (C=O) groups is 1. The van der Waals surface area contributed by atoms with Crippen LogP contribution >= 0.6 is 15.9 Å². The molecule has 0 aromatic carbocycles. The molecule has 0 atom stereocenters. The van der Waals surface area contributed by atoms with E-state index in [4.69, 9.17) is 10.5 Å². The van der Waals surface area contributed by atoms with Crippen molar-refractivity contribution in [3.8, 4) is 0 Å². The number of ether oxygens (including phenoxy) is 1. The Morgan fingerprint density at radius 2 is 2.40 bits per heavy atom. The van der Waals surface area contributed by atoms with Gasteiger partial charge < -0.3 is 15.8 Å². The van der Waals surface area contributed by atoms with Gasteiger partial charge in [0.1, 0.15) is 12.4 Å². The summed E-state index contributed by atoms with van der Waals surface area (Å²) in [6, 6.07) is 3.73. The lowest BCUT2D eigenvalue weighted by Crippen LogP contribution is -2.20. The van der Waals surface area contributed by atoms with Gasteiger partial charge in [0.05, 0.1) is 6.61 Å². The maximum absolute atomic E-state index is 10.3. The Balaban J connectivity index is 2.15. The van der Waals surface area contributed by atoms with Crippen LogP contribution in [0.2, 0.25) is 0 Å². The zero-order valence-electron chi connectivity index (χ0n) is 8.07. The van der Waals surface area contributed by atoms with Gasteiger partial charge in [-0.2, -0.15) is 0 Å². The average Bonchev–Trinajstić information content (AvgIpc) is 2.20. The second-order valence-electron chi connectivity index (χ2n) is 2.81. The van der Waals surface area contributed by atoms with Crippen molar-refractivity contribution in [3.05, 3.63) is 22.8 Å². The average molecular weight is 274 g/mol. The van der Waals surface area contributed by atoms with Crippen LogP contribution in [0.15, 0.2) is 22.8 Å². The van der Waals surface area contributed by atoms with Crippen LogP contribution < -0.4 is 11.1 Å². The van der Waals surface area contributed by atoms with Crippen molar-refractivity contribution in [1.82, 2.24) is 4.98 Å². The third-order valence-electron chi connectivity index (χ3n) is 1.52. The minimum atomic E-state index is -0.461. The van der Waals surface area contributed by atoms with E-state index in [0.29, 0.717) is 13.2 Å². The molecule has 1 aromatic heterocycles. The summed E-state index contributed by atoms with van der Waals surface area (Å²) in [5.41, 5.74) is 4.90. The second kappa shape index (κ2) is 6.36. The number of anilines is 1. The summed E-state index contributed by atoms with van der Waals surface area (Å²) < 4.78 is 5.90. The van der Waals surface area contributed by atoms with Crippen LogP contribution in [0.4, 0.5) is 5.82 Å². The molecule has 0 unspecified atom stereocenters. The topological polar surface area (TPSA) is 77.2 Å². The largest absolute Gasteiger partial charge is 0.370 e. The Kier molecular flexibility index (Phi) is 5.06. The van der Waals surface area contributed by atoms with Crippen molar-refractivity contribution in [3.63, 3.8) is 0 Å². The van der Waals surface area contributed by atoms with Gasteiger partial charge in [-0.15, -0.1) is 0 Å². The van der Waals surface area contributed by atoms with Gasteiger partial charge in [-0.25, -0.2) is 4.98 Å². The highest BCUT2D eigenvalue weighted by Crippen LogP contribution is 2.09. The summed E-state index contributed by atoms with van der Waals surface area (Å²) in [6.07, 6.45) is 1.70. The van der Waals surface area contributed by atoms with Crippen LogP contribution in [0, 0.1) is 0 Å². The van der Waals surface area contributed by atoms with Gasteiger partial charge in [-0.3, -0.25) is 4.79 Å². The molecule has 0 saturated carbocycles. The minimum Gasteiger partial charge on any atom is -0.370 e. The zero-order chi connectivity index (χ0) is 11.1. The molecule has 1 heterocycles. The number of amides is 1. The molecule has 0 saturated heterocycles. The van der Waals surface area contributed by atoms with E-state index in [1.807, 2.05) is 12.1 Å². The van der Waals surface area contributed by atoms with Crippen molar-refractivity contribution < 1.29 is 9.53 Å². The molecule has 0 aliphatic rings. The maximum atomic E-state index is 10.3. The van der Waals surface area contributed by atoms with Crippen LogP contribution in [0.5, 0.6) is 0 Å². The van der Waals surface area contributed by atoms with Gasteiger partial charge in [0, 0.05) is 17.2 Å². The SMILES string of the molecule is NC(=O)COCCNc1ccc(Br)cn1. The molecule has 5 nitrogen and oxygen atoms in total. The number of aromatic nitrogens is 1. The molecule has 6 heteroatoms. The van der Waals surface area contributed by atoms with Gasteiger partial charge in [-0.1, -0.05) is 0 Å². The third kappa shape index (κ3) is 5.34. The van der Waals surface area contributed by atoms with Crippen molar-refractivity contribution in [1.29, 1.82) is 0 Å². The first-order valence-corrected chi connectivity index (χ1v) is 5.19. The predicted octanol–water partition coefficient (Wildman–Crippen LogP) is 0.758. The molecule has 0 aliphatic carbocycles. The highest BCUT2D eigenvalue weighted by Gasteiger charge is 1.95. The Bertz CT molecular complexity index is 316. The number of nitrogens with two attached hydrogens (primary N) is 1. The summed E-state index contributed by atoms with van der Waals surface area (Å²) in [4.78, 5) is 14.4. The lowest BCUT2D eigenvalue weighted by Gasteiger charge is -2.05. The first-order valence-electron chi connectivity index (χ1n) is 4.40. The van der Waals surface area contributed by atoms with Gasteiger partial charge in [-0.05, 0) is 28.1 Å². The van der Waals surface area contributed by atoms with E-state index in [9.17, 15) is 4.79 Å². The number of hydrogen-bond acceptors (Lipinski definition) is 4. The Labute approximate surface area is 96.1 Å². The molecule has 3 N–H and O–H groups in total. The quantitative estimate of drug-likeness (QED) is 0.751. The molecule has 15 heavy (non-hydrogen) atoms. The Morgan fingerprint density at radius 1 is 1.60 bits per heavy atom. The maximum Gasteiger partial charge on any atom is 0.243 e. The smallest absolute Gasteiger partial charge is 0.243 e. The molecule has 0 radical (unpaired) electrons. The minimum absolute atomic E-state index is 0.0462. The first-order chi connectivity index (χ1) is 7.18. The Hall–Kier alpha value is -1.14. The van der Waals surface area contributed by atoms with Crippen molar-refractivity contribution in [2.75, 3.05) is 25.1 Å². The fraction of sp³-hybridized carbons (Fsp3) is 0.333. The number of primary amides is 1. The van der Waals surface area contributed by atoms with Crippen molar-refractivity contribution in [2.45, 2.75) is 0 Å². The second-order valence-corrected chi connectivity index (χ2v) is 3.72. The van der Waals surface area contributed by atoms with E-state index >= 15 is 0 Å². The molecule has 0 fully saturated rings. The monoisotopic (exact) mass is 273 g/mol. The van der Waals surface area contributed by atoms with Crippen LogP contribution in [-0.2, 0) is 9.53 Å². The first kappa shape index (κ1) is 11.9. The molecule has 82 valence electrons. The summed E-state index contributed by atoms with van der Waals surface area (Å²) >= 11 is 3.29. The molecule has 0 bridgehead atoms. The fourth-order valence-electron chi connectivity index (χ4n) is 0.904. The van der Waals surface area contributed by atoms with Gasteiger partial charge in [0.25, 0.3) is 0 Å². The fourth-order valence-corrected chi connectivity index (χ4v) is 1.14. The highest BCUT2D eigenvalue weighted by molar-refractivity contribution is 9.10. The Morgan fingerprint density at radius 3 is 3.00 bits per heavy atom. The van der Waals surface area contributed by atoms with E-state index < -0.39 is 5.91 Å². The molecule has 0 spiro atoms. The molecule has 1 amide bonds. The number of halogens is 1. The number of nitrogens with one attached hydrogen (secondary N) is 1. The van der Waals surface area contributed by atoms with Crippen molar-refractivity contribution >= 4 is 27.7 Å². The van der Waals surface area contributed by atoms with Crippen molar-refractivity contribution in [2.24, 2.45) is 5.73 Å². The van der Waals surface area contributed by atoms with Gasteiger partial charge >= 0.3 is 0 Å². The number of carbonyl (C=O) groups excluding carboxylic acids is 1. The third-order valence-corrected chi connectivity index (χ3v) is 1.99.